The smallest absolute Gasteiger partial charge is 0.276 e. The van der Waals surface area contributed by atoms with Crippen LogP contribution in [0.3, 0.4) is 0 Å². The molecule has 2 aromatic carbocycles. The largest absolute Gasteiger partial charge is 0.497 e. The number of ether oxygens (including phenoxy) is 2. The first-order valence-corrected chi connectivity index (χ1v) is 9.41. The van der Waals surface area contributed by atoms with Crippen molar-refractivity contribution < 1.29 is 19.1 Å². The second kappa shape index (κ2) is 10.1. The maximum atomic E-state index is 12.5. The third kappa shape index (κ3) is 5.92. The molecule has 3 rings (SSSR count). The van der Waals surface area contributed by atoms with Crippen molar-refractivity contribution in [2.75, 3.05) is 19.5 Å². The molecule has 2 N–H and O–H groups in total. The normalized spacial score (nSPS) is 10.3. The van der Waals surface area contributed by atoms with Crippen LogP contribution >= 0.6 is 0 Å². The quantitative estimate of drug-likeness (QED) is 0.573. The molecule has 0 saturated carbocycles. The number of amides is 2. The fraction of sp³-hybridized carbons (Fsp3) is 0.182. The zero-order valence-electron chi connectivity index (χ0n) is 17.1. The average molecular weight is 422 g/mol. The summed E-state index contributed by atoms with van der Waals surface area (Å²) in [5.74, 6) is 0.422. The van der Waals surface area contributed by atoms with Crippen LogP contribution in [0.2, 0.25) is 0 Å². The highest BCUT2D eigenvalue weighted by molar-refractivity contribution is 6.02. The Bertz CT molecular complexity index is 1130. The van der Waals surface area contributed by atoms with Gasteiger partial charge in [-0.2, -0.15) is 5.10 Å². The molecule has 1 aromatic heterocycles. The number of aromatic nitrogens is 2. The molecule has 0 unspecified atom stereocenters. The molecule has 160 valence electrons. The number of rotatable bonds is 8. The third-order valence-electron chi connectivity index (χ3n) is 4.36. The Morgan fingerprint density at radius 1 is 0.968 bits per heavy atom. The fourth-order valence-electron chi connectivity index (χ4n) is 2.73. The van der Waals surface area contributed by atoms with Crippen LogP contribution in [0.25, 0.3) is 0 Å². The SMILES string of the molecule is COc1ccc(NC(=O)c2ccc(=O)n(CC(=O)NCc3cccc(OC)c3)n2)cc1. The lowest BCUT2D eigenvalue weighted by atomic mass is 10.2. The van der Waals surface area contributed by atoms with Crippen LogP contribution in [-0.2, 0) is 17.9 Å². The number of anilines is 1. The van der Waals surface area contributed by atoms with E-state index in [1.54, 1.807) is 50.6 Å². The van der Waals surface area contributed by atoms with Crippen LogP contribution in [0.5, 0.6) is 11.5 Å². The van der Waals surface area contributed by atoms with Crippen LogP contribution in [0.1, 0.15) is 16.1 Å². The molecular weight excluding hydrogens is 400 g/mol. The Morgan fingerprint density at radius 3 is 2.42 bits per heavy atom. The minimum absolute atomic E-state index is 0.0102. The lowest BCUT2D eigenvalue weighted by Gasteiger charge is -2.09. The number of hydrogen-bond acceptors (Lipinski definition) is 6. The Balaban J connectivity index is 1.63. The number of nitrogens with zero attached hydrogens (tertiary/aromatic N) is 2. The fourth-order valence-corrected chi connectivity index (χ4v) is 2.73. The minimum Gasteiger partial charge on any atom is -0.497 e. The number of benzene rings is 2. The highest BCUT2D eigenvalue weighted by atomic mass is 16.5. The zero-order valence-corrected chi connectivity index (χ0v) is 17.1. The van der Waals surface area contributed by atoms with Gasteiger partial charge in [-0.15, -0.1) is 0 Å². The number of hydrogen-bond donors (Lipinski definition) is 2. The average Bonchev–Trinajstić information content (AvgIpc) is 2.79. The summed E-state index contributed by atoms with van der Waals surface area (Å²) in [6.45, 7) is -0.0467. The van der Waals surface area contributed by atoms with Crippen LogP contribution in [0.4, 0.5) is 5.69 Å². The first-order chi connectivity index (χ1) is 15.0. The monoisotopic (exact) mass is 422 g/mol. The van der Waals surface area contributed by atoms with Crippen molar-refractivity contribution in [2.45, 2.75) is 13.1 Å². The van der Waals surface area contributed by atoms with Crippen molar-refractivity contribution in [1.29, 1.82) is 0 Å². The molecule has 2 amide bonds. The predicted molar refractivity (Wildman–Crippen MR) is 114 cm³/mol. The Hall–Kier alpha value is -4.14. The van der Waals surface area contributed by atoms with Crippen LogP contribution in [-0.4, -0.2) is 35.8 Å². The third-order valence-corrected chi connectivity index (χ3v) is 4.36. The molecule has 0 aliphatic rings. The van der Waals surface area contributed by atoms with E-state index < -0.39 is 17.4 Å². The molecule has 3 aromatic rings. The standard InChI is InChI=1S/C22H22N4O5/c1-30-17-8-6-16(7-9-17)24-22(29)19-10-11-21(28)26(25-19)14-20(27)23-13-15-4-3-5-18(12-15)31-2/h3-12H,13-14H2,1-2H3,(H,23,27)(H,24,29). The molecule has 31 heavy (non-hydrogen) atoms. The van der Waals surface area contributed by atoms with E-state index in [4.69, 9.17) is 9.47 Å². The summed E-state index contributed by atoms with van der Waals surface area (Å²) in [6.07, 6.45) is 0. The molecule has 0 atom stereocenters. The first-order valence-electron chi connectivity index (χ1n) is 9.41. The predicted octanol–water partition coefficient (Wildman–Crippen LogP) is 1.83. The number of carbonyl (C=O) groups is 2. The topological polar surface area (TPSA) is 112 Å². The molecule has 1 heterocycles. The lowest BCUT2D eigenvalue weighted by molar-refractivity contribution is -0.122. The van der Waals surface area contributed by atoms with Gasteiger partial charge in [0.05, 0.1) is 14.2 Å². The van der Waals surface area contributed by atoms with Crippen molar-refractivity contribution in [3.8, 4) is 11.5 Å². The second-order valence-corrected chi connectivity index (χ2v) is 6.53. The van der Waals surface area contributed by atoms with E-state index >= 15 is 0 Å². The van der Waals surface area contributed by atoms with Gasteiger partial charge in [0, 0.05) is 18.3 Å². The lowest BCUT2D eigenvalue weighted by Crippen LogP contribution is -2.34. The Labute approximate surface area is 178 Å². The van der Waals surface area contributed by atoms with Gasteiger partial charge in [0.2, 0.25) is 5.91 Å². The van der Waals surface area contributed by atoms with Crippen molar-refractivity contribution >= 4 is 17.5 Å². The first kappa shape index (κ1) is 21.6. The summed E-state index contributed by atoms with van der Waals surface area (Å²) < 4.78 is 11.2. The molecule has 0 aliphatic carbocycles. The summed E-state index contributed by atoms with van der Waals surface area (Å²) in [4.78, 5) is 36.8. The highest BCUT2D eigenvalue weighted by Gasteiger charge is 2.12. The van der Waals surface area contributed by atoms with Gasteiger partial charge in [-0.3, -0.25) is 14.4 Å². The van der Waals surface area contributed by atoms with E-state index in [-0.39, 0.29) is 18.8 Å². The Morgan fingerprint density at radius 2 is 1.71 bits per heavy atom. The summed E-state index contributed by atoms with van der Waals surface area (Å²) in [5, 5.41) is 9.41. The van der Waals surface area contributed by atoms with E-state index in [2.05, 4.69) is 15.7 Å². The molecular formula is C22H22N4O5. The Kier molecular flexibility index (Phi) is 7.00. The van der Waals surface area contributed by atoms with Gasteiger partial charge in [0.1, 0.15) is 23.7 Å². The van der Waals surface area contributed by atoms with E-state index in [0.717, 1.165) is 10.2 Å². The van der Waals surface area contributed by atoms with Gasteiger partial charge >= 0.3 is 0 Å². The number of methoxy groups -OCH3 is 2. The summed E-state index contributed by atoms with van der Waals surface area (Å²) in [5.41, 5.74) is 0.913. The van der Waals surface area contributed by atoms with Crippen molar-refractivity contribution in [3.05, 3.63) is 82.3 Å². The molecule has 9 nitrogen and oxygen atoms in total. The van der Waals surface area contributed by atoms with Crippen molar-refractivity contribution in [3.63, 3.8) is 0 Å². The zero-order chi connectivity index (χ0) is 22.2. The maximum Gasteiger partial charge on any atom is 0.276 e. The van der Waals surface area contributed by atoms with Crippen LogP contribution in [0, 0.1) is 0 Å². The van der Waals surface area contributed by atoms with Gasteiger partial charge in [0.25, 0.3) is 11.5 Å². The number of carbonyl (C=O) groups excluding carboxylic acids is 2. The molecule has 0 spiro atoms. The second-order valence-electron chi connectivity index (χ2n) is 6.53. The molecule has 0 bridgehead atoms. The van der Waals surface area contributed by atoms with E-state index in [1.165, 1.54) is 12.1 Å². The summed E-state index contributed by atoms with van der Waals surface area (Å²) >= 11 is 0. The highest BCUT2D eigenvalue weighted by Crippen LogP contribution is 2.15. The molecule has 0 saturated heterocycles. The van der Waals surface area contributed by atoms with Gasteiger partial charge in [-0.1, -0.05) is 12.1 Å². The maximum absolute atomic E-state index is 12.5. The minimum atomic E-state index is -0.504. The van der Waals surface area contributed by atoms with Gasteiger partial charge in [-0.25, -0.2) is 4.68 Å². The molecule has 0 aliphatic heterocycles. The molecule has 0 fully saturated rings. The molecule has 0 radical (unpaired) electrons. The van der Waals surface area contributed by atoms with Crippen molar-refractivity contribution in [2.24, 2.45) is 0 Å². The van der Waals surface area contributed by atoms with E-state index in [0.29, 0.717) is 17.2 Å². The van der Waals surface area contributed by atoms with Crippen LogP contribution < -0.4 is 25.7 Å². The van der Waals surface area contributed by atoms with Crippen LogP contribution in [0.15, 0.2) is 65.5 Å². The number of nitrogens with one attached hydrogen (secondary N) is 2. The summed E-state index contributed by atoms with van der Waals surface area (Å²) in [6, 6.07) is 16.5. The summed E-state index contributed by atoms with van der Waals surface area (Å²) in [7, 11) is 3.11. The van der Waals surface area contributed by atoms with Gasteiger partial charge in [0.15, 0.2) is 0 Å². The van der Waals surface area contributed by atoms with Gasteiger partial charge in [-0.05, 0) is 48.0 Å². The van der Waals surface area contributed by atoms with E-state index in [1.807, 2.05) is 12.1 Å². The van der Waals surface area contributed by atoms with Gasteiger partial charge < -0.3 is 20.1 Å². The molecule has 9 heteroatoms. The van der Waals surface area contributed by atoms with E-state index in [9.17, 15) is 14.4 Å². The van der Waals surface area contributed by atoms with Crippen molar-refractivity contribution in [1.82, 2.24) is 15.1 Å².